The Hall–Kier alpha value is -2.17. The fraction of sp³-hybridized carbons (Fsp3) is 0.357. The van der Waals surface area contributed by atoms with Gasteiger partial charge in [0, 0.05) is 24.7 Å². The highest BCUT2D eigenvalue weighted by molar-refractivity contribution is 5.74. The average molecular weight is 259 g/mol. The van der Waals surface area contributed by atoms with Crippen LogP contribution in [0.2, 0.25) is 0 Å². The lowest BCUT2D eigenvalue weighted by Crippen LogP contribution is -1.97. The minimum atomic E-state index is 0.676. The molecule has 0 atom stereocenters. The Morgan fingerprint density at radius 2 is 2.05 bits per heavy atom. The topological polar surface area (TPSA) is 62.3 Å². The van der Waals surface area contributed by atoms with E-state index in [1.165, 1.54) is 0 Å². The van der Waals surface area contributed by atoms with Gasteiger partial charge in [0.15, 0.2) is 11.5 Å². The fourth-order valence-electron chi connectivity index (χ4n) is 2.13. The van der Waals surface area contributed by atoms with Crippen molar-refractivity contribution in [2.75, 3.05) is 18.9 Å². The third-order valence-corrected chi connectivity index (χ3v) is 3.13. The van der Waals surface area contributed by atoms with Crippen LogP contribution in [0.25, 0.3) is 11.3 Å². The Kier molecular flexibility index (Phi) is 3.03. The number of nitrogens with zero attached hydrogens (tertiary/aromatic N) is 2. The molecule has 0 fully saturated rings. The van der Waals surface area contributed by atoms with Crippen LogP contribution in [0.1, 0.15) is 13.3 Å². The fourth-order valence-corrected chi connectivity index (χ4v) is 2.13. The van der Waals surface area contributed by atoms with Crippen LogP contribution in [0, 0.1) is 0 Å². The van der Waals surface area contributed by atoms with Crippen LogP contribution in [0.15, 0.2) is 24.4 Å². The van der Waals surface area contributed by atoms with Gasteiger partial charge in [-0.05, 0) is 25.1 Å². The number of anilines is 1. The highest BCUT2D eigenvalue weighted by Gasteiger charge is 2.14. The van der Waals surface area contributed by atoms with Gasteiger partial charge < -0.3 is 15.2 Å². The van der Waals surface area contributed by atoms with Gasteiger partial charge in [-0.15, -0.1) is 0 Å². The molecule has 5 nitrogen and oxygen atoms in total. The highest BCUT2D eigenvalue weighted by atomic mass is 16.5. The Balaban J connectivity index is 2.01. The lowest BCUT2D eigenvalue weighted by atomic mass is 10.1. The van der Waals surface area contributed by atoms with E-state index in [-0.39, 0.29) is 0 Å². The molecule has 1 aromatic heterocycles. The van der Waals surface area contributed by atoms with Gasteiger partial charge >= 0.3 is 0 Å². The predicted octanol–water partition coefficient (Wildman–Crippen LogP) is 2.31. The number of aryl methyl sites for hydroxylation is 1. The van der Waals surface area contributed by atoms with Crippen molar-refractivity contribution in [2.24, 2.45) is 0 Å². The zero-order chi connectivity index (χ0) is 13.2. The van der Waals surface area contributed by atoms with E-state index in [4.69, 9.17) is 15.2 Å². The first-order valence-corrected chi connectivity index (χ1v) is 6.51. The van der Waals surface area contributed by atoms with E-state index in [2.05, 4.69) is 5.10 Å². The van der Waals surface area contributed by atoms with E-state index in [0.29, 0.717) is 18.9 Å². The summed E-state index contributed by atoms with van der Waals surface area (Å²) in [5, 5.41) is 4.47. The summed E-state index contributed by atoms with van der Waals surface area (Å²) >= 11 is 0. The normalized spacial score (nSPS) is 14.2. The minimum absolute atomic E-state index is 0.676. The number of fused-ring (bicyclic) bond motifs is 1. The second kappa shape index (κ2) is 4.84. The van der Waals surface area contributed by atoms with Gasteiger partial charge in [0.2, 0.25) is 0 Å². The van der Waals surface area contributed by atoms with Crippen molar-refractivity contribution in [3.05, 3.63) is 24.4 Å². The van der Waals surface area contributed by atoms with E-state index < -0.39 is 0 Å². The van der Waals surface area contributed by atoms with Gasteiger partial charge in [0.25, 0.3) is 0 Å². The number of aromatic nitrogens is 2. The number of ether oxygens (including phenoxy) is 2. The largest absolute Gasteiger partial charge is 0.490 e. The smallest absolute Gasteiger partial charge is 0.161 e. The maximum atomic E-state index is 6.00. The Labute approximate surface area is 111 Å². The third-order valence-electron chi connectivity index (χ3n) is 3.13. The van der Waals surface area contributed by atoms with Crippen LogP contribution in [0.4, 0.5) is 5.69 Å². The number of benzene rings is 1. The lowest BCUT2D eigenvalue weighted by molar-refractivity contribution is 0.297. The molecule has 0 bridgehead atoms. The molecule has 0 radical (unpaired) electrons. The van der Waals surface area contributed by atoms with Gasteiger partial charge in [0.05, 0.1) is 18.9 Å². The van der Waals surface area contributed by atoms with Crippen molar-refractivity contribution in [3.8, 4) is 22.8 Å². The molecule has 100 valence electrons. The molecular formula is C14H17N3O2. The lowest BCUT2D eigenvalue weighted by Gasteiger charge is -2.08. The van der Waals surface area contributed by atoms with Crippen LogP contribution >= 0.6 is 0 Å². The number of hydrogen-bond acceptors (Lipinski definition) is 4. The first kappa shape index (κ1) is 11.9. The maximum absolute atomic E-state index is 6.00. The summed E-state index contributed by atoms with van der Waals surface area (Å²) in [5.74, 6) is 1.55. The summed E-state index contributed by atoms with van der Waals surface area (Å²) in [5.41, 5.74) is 8.42. The van der Waals surface area contributed by atoms with Gasteiger partial charge in [-0.1, -0.05) is 0 Å². The quantitative estimate of drug-likeness (QED) is 0.899. The van der Waals surface area contributed by atoms with Crippen LogP contribution < -0.4 is 15.2 Å². The highest BCUT2D eigenvalue weighted by Crippen LogP contribution is 2.35. The molecule has 2 heterocycles. The maximum Gasteiger partial charge on any atom is 0.161 e. The molecule has 1 aliphatic rings. The Morgan fingerprint density at radius 1 is 1.26 bits per heavy atom. The molecule has 3 rings (SSSR count). The van der Waals surface area contributed by atoms with Crippen LogP contribution in [-0.2, 0) is 6.54 Å². The monoisotopic (exact) mass is 259 g/mol. The van der Waals surface area contributed by atoms with Gasteiger partial charge in [0.1, 0.15) is 5.69 Å². The van der Waals surface area contributed by atoms with Gasteiger partial charge in [-0.2, -0.15) is 5.10 Å². The van der Waals surface area contributed by atoms with Crippen molar-refractivity contribution in [1.29, 1.82) is 0 Å². The average Bonchev–Trinajstić information content (AvgIpc) is 2.66. The van der Waals surface area contributed by atoms with E-state index in [1.54, 1.807) is 0 Å². The molecule has 1 aliphatic heterocycles. The number of nitrogens with two attached hydrogens (primary N) is 1. The molecule has 5 heteroatoms. The summed E-state index contributed by atoms with van der Waals surface area (Å²) in [6.07, 6.45) is 2.75. The molecule has 19 heavy (non-hydrogen) atoms. The third kappa shape index (κ3) is 2.23. The summed E-state index contributed by atoms with van der Waals surface area (Å²) in [4.78, 5) is 0. The molecule has 0 amide bonds. The first-order valence-electron chi connectivity index (χ1n) is 6.51. The summed E-state index contributed by atoms with van der Waals surface area (Å²) in [6.45, 7) is 4.20. The number of rotatable bonds is 2. The summed E-state index contributed by atoms with van der Waals surface area (Å²) in [7, 11) is 0. The molecule has 0 unspecified atom stereocenters. The molecule has 0 spiro atoms. The van der Waals surface area contributed by atoms with Crippen LogP contribution in [0.3, 0.4) is 0 Å². The van der Waals surface area contributed by atoms with Crippen molar-refractivity contribution in [1.82, 2.24) is 9.78 Å². The van der Waals surface area contributed by atoms with Crippen molar-refractivity contribution in [3.63, 3.8) is 0 Å². The van der Waals surface area contributed by atoms with Crippen molar-refractivity contribution < 1.29 is 9.47 Å². The summed E-state index contributed by atoms with van der Waals surface area (Å²) in [6, 6.07) is 5.83. The van der Waals surface area contributed by atoms with Gasteiger partial charge in [-0.25, -0.2) is 0 Å². The van der Waals surface area contributed by atoms with Crippen LogP contribution in [-0.4, -0.2) is 23.0 Å². The zero-order valence-corrected chi connectivity index (χ0v) is 10.9. The zero-order valence-electron chi connectivity index (χ0n) is 10.9. The Bertz CT molecular complexity index is 592. The number of hydrogen-bond donors (Lipinski definition) is 1. The second-order valence-electron chi connectivity index (χ2n) is 4.50. The van der Waals surface area contributed by atoms with Crippen LogP contribution in [0.5, 0.6) is 11.5 Å². The molecule has 2 N–H and O–H groups in total. The Morgan fingerprint density at radius 3 is 2.79 bits per heavy atom. The standard InChI is InChI=1S/C14H17N3O2/c1-2-17-9-11(15)14(16-17)10-4-5-12-13(8-10)19-7-3-6-18-12/h4-5,8-9H,2-3,6-7,15H2,1H3. The summed E-state index contributed by atoms with van der Waals surface area (Å²) < 4.78 is 13.1. The second-order valence-corrected chi connectivity index (χ2v) is 4.50. The predicted molar refractivity (Wildman–Crippen MR) is 73.4 cm³/mol. The van der Waals surface area contributed by atoms with Crippen molar-refractivity contribution >= 4 is 5.69 Å². The molecular weight excluding hydrogens is 242 g/mol. The molecule has 2 aromatic rings. The molecule has 0 saturated carbocycles. The molecule has 0 saturated heterocycles. The molecule has 1 aromatic carbocycles. The van der Waals surface area contributed by atoms with E-state index in [9.17, 15) is 0 Å². The van der Waals surface area contributed by atoms with Crippen molar-refractivity contribution in [2.45, 2.75) is 19.9 Å². The van der Waals surface area contributed by atoms with Gasteiger partial charge in [-0.3, -0.25) is 4.68 Å². The van der Waals surface area contributed by atoms with E-state index in [0.717, 1.165) is 35.7 Å². The molecule has 0 aliphatic carbocycles. The number of nitrogen functional groups attached to an aromatic ring is 1. The first-order chi connectivity index (χ1) is 9.28. The van der Waals surface area contributed by atoms with E-state index in [1.807, 2.05) is 36.0 Å². The minimum Gasteiger partial charge on any atom is -0.490 e. The SMILES string of the molecule is CCn1cc(N)c(-c2ccc3c(c2)OCCCO3)n1. The van der Waals surface area contributed by atoms with E-state index >= 15 is 0 Å².